The van der Waals surface area contributed by atoms with Gasteiger partial charge in [0.05, 0.1) is 0 Å². The zero-order valence-corrected chi connectivity index (χ0v) is 6.30. The van der Waals surface area contributed by atoms with Gasteiger partial charge in [0.2, 0.25) is 4.77 Å². The van der Waals surface area contributed by atoms with E-state index in [-0.39, 0.29) is 0 Å². The third-order valence-electron chi connectivity index (χ3n) is 0.757. The van der Waals surface area contributed by atoms with Crippen LogP contribution >= 0.6 is 12.2 Å². The van der Waals surface area contributed by atoms with Crippen molar-refractivity contribution in [3.63, 3.8) is 0 Å². The van der Waals surface area contributed by atoms with Crippen molar-refractivity contribution in [2.24, 2.45) is 0 Å². The SMILES string of the molecule is S=c1nc[nH][nH]1.c1nc[nH]n1. The van der Waals surface area contributed by atoms with Gasteiger partial charge in [0.15, 0.2) is 0 Å². The quantitative estimate of drug-likeness (QED) is 0.495. The van der Waals surface area contributed by atoms with Gasteiger partial charge in [-0.2, -0.15) is 5.10 Å². The summed E-state index contributed by atoms with van der Waals surface area (Å²) in [5.74, 6) is 0. The predicted octanol–water partition coefficient (Wildman–Crippen LogP) is 0.272. The Morgan fingerprint density at radius 1 is 1.36 bits per heavy atom. The Morgan fingerprint density at radius 3 is 2.45 bits per heavy atom. The molecule has 0 radical (unpaired) electrons. The standard InChI is InChI=1S/C2H3N3S.C2H3N3/c6-2-3-1-4-5-2;1-3-2-5-4-1/h1H,(H2,3,4,5,6);1-2H,(H,3,4,5). The van der Waals surface area contributed by atoms with Crippen LogP contribution in [-0.4, -0.2) is 30.4 Å². The summed E-state index contributed by atoms with van der Waals surface area (Å²) in [7, 11) is 0. The minimum atomic E-state index is 0.495. The first kappa shape index (κ1) is 7.61. The van der Waals surface area contributed by atoms with Gasteiger partial charge in [-0.3, -0.25) is 15.3 Å². The lowest BCUT2D eigenvalue weighted by Crippen LogP contribution is -1.59. The zero-order valence-electron chi connectivity index (χ0n) is 5.48. The number of hydrogen-bond acceptors (Lipinski definition) is 4. The van der Waals surface area contributed by atoms with Gasteiger partial charge < -0.3 is 0 Å². The highest BCUT2D eigenvalue weighted by atomic mass is 32.1. The van der Waals surface area contributed by atoms with E-state index in [4.69, 9.17) is 0 Å². The molecule has 0 saturated carbocycles. The van der Waals surface area contributed by atoms with Crippen LogP contribution < -0.4 is 0 Å². The van der Waals surface area contributed by atoms with E-state index in [1.54, 1.807) is 0 Å². The monoisotopic (exact) mass is 170 g/mol. The van der Waals surface area contributed by atoms with E-state index >= 15 is 0 Å². The second kappa shape index (κ2) is 4.34. The Kier molecular flexibility index (Phi) is 3.00. The Balaban J connectivity index is 0.000000112. The first-order valence-electron chi connectivity index (χ1n) is 2.76. The fourth-order valence-electron chi connectivity index (χ4n) is 0.384. The van der Waals surface area contributed by atoms with Gasteiger partial charge in [0, 0.05) is 0 Å². The molecule has 0 aromatic carbocycles. The molecular weight excluding hydrogens is 164 g/mol. The third-order valence-corrected chi connectivity index (χ3v) is 0.964. The molecule has 7 heteroatoms. The molecule has 0 aliphatic carbocycles. The molecule has 2 aromatic rings. The van der Waals surface area contributed by atoms with E-state index < -0.39 is 0 Å². The number of aromatic amines is 3. The number of H-pyrrole nitrogens is 3. The van der Waals surface area contributed by atoms with Gasteiger partial charge >= 0.3 is 0 Å². The minimum Gasteiger partial charge on any atom is -0.288 e. The van der Waals surface area contributed by atoms with Crippen LogP contribution in [0.1, 0.15) is 0 Å². The van der Waals surface area contributed by atoms with Crippen molar-refractivity contribution >= 4 is 12.2 Å². The second-order valence-electron chi connectivity index (χ2n) is 1.48. The third kappa shape index (κ3) is 3.26. The summed E-state index contributed by atoms with van der Waals surface area (Å²) in [6.07, 6.45) is 4.46. The van der Waals surface area contributed by atoms with Gasteiger partial charge in [-0.15, -0.1) is 0 Å². The van der Waals surface area contributed by atoms with Crippen LogP contribution in [-0.2, 0) is 0 Å². The topological polar surface area (TPSA) is 86.0 Å². The molecule has 0 bridgehead atoms. The van der Waals surface area contributed by atoms with E-state index in [2.05, 4.69) is 42.6 Å². The van der Waals surface area contributed by atoms with E-state index in [0.29, 0.717) is 4.77 Å². The van der Waals surface area contributed by atoms with E-state index in [0.717, 1.165) is 0 Å². The van der Waals surface area contributed by atoms with Gasteiger partial charge in [0.25, 0.3) is 0 Å². The molecule has 0 saturated heterocycles. The molecule has 0 aliphatic heterocycles. The van der Waals surface area contributed by atoms with Gasteiger partial charge in [-0.1, -0.05) is 0 Å². The molecule has 2 aromatic heterocycles. The lowest BCUT2D eigenvalue weighted by atomic mass is 11.3. The Hall–Kier alpha value is -1.50. The molecule has 0 unspecified atom stereocenters. The average molecular weight is 170 g/mol. The molecule has 11 heavy (non-hydrogen) atoms. The van der Waals surface area contributed by atoms with Gasteiger partial charge in [-0.05, 0) is 12.2 Å². The second-order valence-corrected chi connectivity index (χ2v) is 1.87. The molecule has 0 atom stereocenters. The normalized spacial score (nSPS) is 8.36. The number of rotatable bonds is 0. The van der Waals surface area contributed by atoms with Crippen molar-refractivity contribution in [2.45, 2.75) is 0 Å². The first-order valence-corrected chi connectivity index (χ1v) is 3.17. The van der Waals surface area contributed by atoms with Crippen molar-refractivity contribution in [2.75, 3.05) is 0 Å². The summed E-state index contributed by atoms with van der Waals surface area (Å²) in [5.41, 5.74) is 0. The number of aromatic nitrogens is 6. The van der Waals surface area contributed by atoms with Crippen molar-refractivity contribution in [3.8, 4) is 0 Å². The lowest BCUT2D eigenvalue weighted by Gasteiger charge is -1.54. The molecule has 0 spiro atoms. The zero-order chi connectivity index (χ0) is 7.94. The largest absolute Gasteiger partial charge is 0.288 e. The summed E-state index contributed by atoms with van der Waals surface area (Å²) in [6.45, 7) is 0. The molecular formula is C4H6N6S. The lowest BCUT2D eigenvalue weighted by molar-refractivity contribution is 1.08. The van der Waals surface area contributed by atoms with Crippen molar-refractivity contribution in [1.29, 1.82) is 0 Å². The van der Waals surface area contributed by atoms with E-state index in [1.807, 2.05) is 0 Å². The van der Waals surface area contributed by atoms with Crippen LogP contribution in [0.2, 0.25) is 0 Å². The molecule has 3 N–H and O–H groups in total. The fraction of sp³-hybridized carbons (Fsp3) is 0. The molecule has 2 rings (SSSR count). The Bertz CT molecular complexity index is 273. The minimum absolute atomic E-state index is 0.495. The number of nitrogens with zero attached hydrogens (tertiary/aromatic N) is 3. The summed E-state index contributed by atoms with van der Waals surface area (Å²) in [5, 5.41) is 11.2. The van der Waals surface area contributed by atoms with Crippen molar-refractivity contribution < 1.29 is 0 Å². The smallest absolute Gasteiger partial charge is 0.213 e. The highest BCUT2D eigenvalue weighted by Gasteiger charge is 1.66. The average Bonchev–Trinajstić information content (AvgIpc) is 2.57. The van der Waals surface area contributed by atoms with Crippen LogP contribution in [0.15, 0.2) is 19.0 Å². The highest BCUT2D eigenvalue weighted by molar-refractivity contribution is 7.71. The first-order chi connectivity index (χ1) is 5.39. The maximum absolute atomic E-state index is 4.55. The van der Waals surface area contributed by atoms with Crippen LogP contribution in [0, 0.1) is 4.77 Å². The Labute approximate surface area is 67.1 Å². The molecule has 6 nitrogen and oxygen atoms in total. The summed E-state index contributed by atoms with van der Waals surface area (Å²) in [4.78, 5) is 7.18. The highest BCUT2D eigenvalue weighted by Crippen LogP contribution is 1.66. The predicted molar refractivity (Wildman–Crippen MR) is 40.2 cm³/mol. The Morgan fingerprint density at radius 2 is 2.27 bits per heavy atom. The maximum atomic E-state index is 4.55. The van der Waals surface area contributed by atoms with Crippen LogP contribution in [0.3, 0.4) is 0 Å². The molecule has 2 heterocycles. The van der Waals surface area contributed by atoms with E-state index in [1.165, 1.54) is 19.0 Å². The van der Waals surface area contributed by atoms with Crippen molar-refractivity contribution in [3.05, 3.63) is 23.8 Å². The van der Waals surface area contributed by atoms with Gasteiger partial charge in [0.1, 0.15) is 19.0 Å². The maximum Gasteiger partial charge on any atom is 0.213 e. The number of hydrogen-bond donors (Lipinski definition) is 3. The summed E-state index contributed by atoms with van der Waals surface area (Å²) >= 11 is 4.55. The van der Waals surface area contributed by atoms with Crippen LogP contribution in [0.4, 0.5) is 0 Å². The van der Waals surface area contributed by atoms with Crippen LogP contribution in [0.25, 0.3) is 0 Å². The van der Waals surface area contributed by atoms with Crippen molar-refractivity contribution in [1.82, 2.24) is 30.4 Å². The van der Waals surface area contributed by atoms with Gasteiger partial charge in [-0.25, -0.2) is 9.97 Å². The van der Waals surface area contributed by atoms with E-state index in [9.17, 15) is 0 Å². The van der Waals surface area contributed by atoms with Crippen LogP contribution in [0.5, 0.6) is 0 Å². The summed E-state index contributed by atoms with van der Waals surface area (Å²) in [6, 6.07) is 0. The molecule has 0 amide bonds. The molecule has 58 valence electrons. The molecule has 0 fully saturated rings. The summed E-state index contributed by atoms with van der Waals surface area (Å²) < 4.78 is 0.495. The fourth-order valence-corrected chi connectivity index (χ4v) is 0.495. The number of nitrogens with one attached hydrogen (secondary N) is 3. The molecule has 0 aliphatic rings.